The summed E-state index contributed by atoms with van der Waals surface area (Å²) in [7, 11) is 0.500. The molecule has 0 aliphatic carbocycles. The van der Waals surface area contributed by atoms with E-state index >= 15 is 0 Å². The molecule has 2 nitrogen and oxygen atoms in total. The molecule has 11 heteroatoms. The van der Waals surface area contributed by atoms with Gasteiger partial charge in [0.2, 0.25) is 13.8 Å². The average Bonchev–Trinajstić information content (AvgIpc) is 2.28. The summed E-state index contributed by atoms with van der Waals surface area (Å²) in [6.45, 7) is -6.98. The Morgan fingerprint density at radius 1 is 0.941 bits per heavy atom. The van der Waals surface area contributed by atoms with Gasteiger partial charge in [-0.15, -0.1) is 0 Å². The molecule has 0 heterocycles. The van der Waals surface area contributed by atoms with Crippen LogP contribution in [-0.4, -0.2) is 40.9 Å². The summed E-state index contributed by atoms with van der Waals surface area (Å²) >= 11 is 0.463. The van der Waals surface area contributed by atoms with Crippen molar-refractivity contribution in [3.05, 3.63) is 0 Å². The Labute approximate surface area is 97.7 Å². The molecule has 0 amide bonds. The van der Waals surface area contributed by atoms with Crippen molar-refractivity contribution in [3.8, 4) is 0 Å². The van der Waals surface area contributed by atoms with E-state index in [1.54, 1.807) is 0 Å². The molecule has 0 rings (SSSR count). The van der Waals surface area contributed by atoms with Crippen LogP contribution in [0.2, 0.25) is 0 Å². The van der Waals surface area contributed by atoms with Crippen LogP contribution in [-0.2, 0) is 8.37 Å². The van der Waals surface area contributed by atoms with Gasteiger partial charge in [-0.05, 0) is 0 Å². The molecule has 0 radical (unpaired) electrons. The minimum Gasteiger partial charge on any atom is -0.289 e. The third kappa shape index (κ3) is 133. The predicted molar refractivity (Wildman–Crippen MR) is 47.8 cm³/mol. The molecule has 0 N–H and O–H groups in total. The first kappa shape index (κ1) is 25.5. The third-order valence-electron chi connectivity index (χ3n) is 0.301. The zero-order chi connectivity index (χ0) is 14.5. The van der Waals surface area contributed by atoms with E-state index in [1.165, 1.54) is 0 Å². The molecule has 0 atom stereocenters. The highest BCUT2D eigenvalue weighted by atomic mass is 32.2. The van der Waals surface area contributed by atoms with Crippen molar-refractivity contribution in [2.45, 2.75) is 6.68 Å². The molecule has 17 heavy (non-hydrogen) atoms. The Balaban J connectivity index is -0.0000000792. The quantitative estimate of drug-likeness (QED) is 0.432. The molecular weight excluding hydrogens is 288 g/mol. The molecular formula is C6H12F8O2S. The van der Waals surface area contributed by atoms with E-state index in [0.717, 1.165) is 0 Å². The summed E-state index contributed by atoms with van der Waals surface area (Å²) in [5.41, 5.74) is 0. The molecule has 0 spiro atoms. The van der Waals surface area contributed by atoms with Crippen molar-refractivity contribution < 1.29 is 43.5 Å². The molecule has 0 aromatic rings. The Morgan fingerprint density at radius 2 is 1.29 bits per heavy atom. The fourth-order valence-corrected chi connectivity index (χ4v) is 0.353. The molecule has 0 saturated carbocycles. The second-order valence-corrected chi connectivity index (χ2v) is 1.76. The van der Waals surface area contributed by atoms with E-state index in [4.69, 9.17) is 0 Å². The zero-order valence-electron chi connectivity index (χ0n) is 8.65. The number of hydrogen-bond acceptors (Lipinski definition) is 3. The van der Waals surface area contributed by atoms with Crippen molar-refractivity contribution in [3.63, 3.8) is 0 Å². The number of rotatable bonds is 5. The minimum atomic E-state index is -3.67. The van der Waals surface area contributed by atoms with E-state index in [1.807, 2.05) is 0 Å². The van der Waals surface area contributed by atoms with Crippen LogP contribution in [0.4, 0.5) is 35.1 Å². The lowest BCUT2D eigenvalue weighted by Gasteiger charge is -1.93. The third-order valence-corrected chi connectivity index (χ3v) is 0.749. The highest BCUT2D eigenvalue weighted by Gasteiger charge is 1.86. The normalized spacial score (nSPS) is 8.12. The summed E-state index contributed by atoms with van der Waals surface area (Å²) in [6.07, 6.45) is 0. The largest absolute Gasteiger partial charge is 0.379 e. The van der Waals surface area contributed by atoms with Crippen LogP contribution < -0.4 is 0 Å². The van der Waals surface area contributed by atoms with Gasteiger partial charge in [0.05, 0.1) is 13.8 Å². The molecule has 0 bridgehead atoms. The van der Waals surface area contributed by atoms with Crippen LogP contribution in [0, 0.1) is 0 Å². The molecule has 0 aromatic carbocycles. The fraction of sp³-hybridized carbons (Fsp3) is 1.00. The monoisotopic (exact) mass is 300 g/mol. The maximum absolute atomic E-state index is 11.1. The highest BCUT2D eigenvalue weighted by molar-refractivity contribution is 7.89. The van der Waals surface area contributed by atoms with Crippen molar-refractivity contribution in [1.29, 1.82) is 0 Å². The van der Waals surface area contributed by atoms with E-state index in [2.05, 4.69) is 8.37 Å². The lowest BCUT2D eigenvalue weighted by atomic mass is 10.9. The standard InChI is InChI=1S/C3H6F2O2S.CHF3.CH2F2.CH3F/c4-1-2-6-8-7-3-5;2-1(3)4;2-1-3;1-2/h1-3H2;1H;1H2;1H3. The summed E-state index contributed by atoms with van der Waals surface area (Å²) in [4.78, 5) is 0. The fourth-order valence-electron chi connectivity index (χ4n) is 0.118. The van der Waals surface area contributed by atoms with Gasteiger partial charge in [0.1, 0.15) is 6.67 Å². The van der Waals surface area contributed by atoms with E-state index in [-0.39, 0.29) is 6.61 Å². The van der Waals surface area contributed by atoms with Crippen LogP contribution >= 0.6 is 12.3 Å². The van der Waals surface area contributed by atoms with Crippen molar-refractivity contribution in [2.75, 3.05) is 34.2 Å². The summed E-state index contributed by atoms with van der Waals surface area (Å²) in [5.74, 6) is 0. The van der Waals surface area contributed by atoms with Crippen LogP contribution in [0.25, 0.3) is 0 Å². The Bertz CT molecular complexity index is 83.7. The van der Waals surface area contributed by atoms with E-state index in [0.29, 0.717) is 19.5 Å². The highest BCUT2D eigenvalue weighted by Crippen LogP contribution is 2.02. The van der Waals surface area contributed by atoms with Crippen molar-refractivity contribution in [2.24, 2.45) is 0 Å². The van der Waals surface area contributed by atoms with Crippen LogP contribution in [0.5, 0.6) is 0 Å². The van der Waals surface area contributed by atoms with E-state index in [9.17, 15) is 35.1 Å². The Kier molecular flexibility index (Phi) is 54.1. The molecule has 0 aliphatic rings. The van der Waals surface area contributed by atoms with Crippen LogP contribution in [0.3, 0.4) is 0 Å². The van der Waals surface area contributed by atoms with Gasteiger partial charge in [-0.3, -0.25) is 12.8 Å². The van der Waals surface area contributed by atoms with Gasteiger partial charge in [-0.2, -0.15) is 13.2 Å². The van der Waals surface area contributed by atoms with Crippen LogP contribution in [0.15, 0.2) is 0 Å². The first-order chi connectivity index (χ1) is 8.06. The van der Waals surface area contributed by atoms with Gasteiger partial charge in [0.25, 0.3) is 0 Å². The lowest BCUT2D eigenvalue weighted by molar-refractivity contribution is 0.00819. The predicted octanol–water partition coefficient (Wildman–Crippen LogP) is 4.13. The minimum absolute atomic E-state index is 0.0648. The molecule has 110 valence electrons. The first-order valence-electron chi connectivity index (χ1n) is 3.51. The first-order valence-corrected chi connectivity index (χ1v) is 4.18. The SMILES string of the molecule is CF.FC(F)F.FCCOSOCF.FCF. The maximum atomic E-state index is 11.1. The second kappa shape index (κ2) is 36.1. The number of alkyl halides is 8. The van der Waals surface area contributed by atoms with Gasteiger partial charge in [-0.1, -0.05) is 0 Å². The number of halogens is 8. The lowest BCUT2D eigenvalue weighted by Crippen LogP contribution is -1.88. The molecule has 0 fully saturated rings. The Morgan fingerprint density at radius 3 is 1.53 bits per heavy atom. The molecule has 0 saturated heterocycles. The average molecular weight is 300 g/mol. The summed E-state index contributed by atoms with van der Waals surface area (Å²) in [5, 5.41) is 0. The van der Waals surface area contributed by atoms with Crippen LogP contribution in [0.1, 0.15) is 0 Å². The molecule has 0 aromatic heterocycles. The Hall–Kier alpha value is -0.290. The van der Waals surface area contributed by atoms with Gasteiger partial charge in [-0.25, -0.2) is 17.6 Å². The molecule has 0 aliphatic heterocycles. The summed E-state index contributed by atoms with van der Waals surface area (Å²) in [6, 6.07) is 0. The molecule has 0 unspecified atom stereocenters. The topological polar surface area (TPSA) is 18.5 Å². The van der Waals surface area contributed by atoms with Crippen molar-refractivity contribution >= 4 is 12.3 Å². The van der Waals surface area contributed by atoms with Gasteiger partial charge in [0.15, 0.2) is 12.3 Å². The maximum Gasteiger partial charge on any atom is 0.379 e. The van der Waals surface area contributed by atoms with Gasteiger partial charge < -0.3 is 0 Å². The zero-order valence-corrected chi connectivity index (χ0v) is 9.47. The van der Waals surface area contributed by atoms with Gasteiger partial charge in [0, 0.05) is 0 Å². The smallest absolute Gasteiger partial charge is 0.289 e. The summed E-state index contributed by atoms with van der Waals surface area (Å²) < 4.78 is 88.2. The van der Waals surface area contributed by atoms with Crippen molar-refractivity contribution in [1.82, 2.24) is 0 Å². The second-order valence-electron chi connectivity index (χ2n) is 1.15. The number of hydrogen-bond donors (Lipinski definition) is 0. The van der Waals surface area contributed by atoms with Gasteiger partial charge >= 0.3 is 6.68 Å². The van der Waals surface area contributed by atoms with E-state index < -0.39 is 27.1 Å².